The molecule has 1 aromatic carbocycles. The SMILES string of the molecule is Cc1ccccc1-c1ccc(N2CCCC(C(=O)NCc3cccs3)C2)nn1. The smallest absolute Gasteiger partial charge is 0.225 e. The molecule has 0 bridgehead atoms. The molecule has 0 aliphatic carbocycles. The summed E-state index contributed by atoms with van der Waals surface area (Å²) in [6.07, 6.45) is 1.90. The van der Waals surface area contributed by atoms with E-state index in [-0.39, 0.29) is 11.8 Å². The number of hydrogen-bond acceptors (Lipinski definition) is 5. The number of carbonyl (C=O) groups is 1. The van der Waals surface area contributed by atoms with Crippen LogP contribution in [0.15, 0.2) is 53.9 Å². The maximum Gasteiger partial charge on any atom is 0.225 e. The molecule has 5 nitrogen and oxygen atoms in total. The summed E-state index contributed by atoms with van der Waals surface area (Å²) >= 11 is 1.67. The number of nitrogens with one attached hydrogen (secondary N) is 1. The van der Waals surface area contributed by atoms with Crippen LogP contribution in [0.2, 0.25) is 0 Å². The van der Waals surface area contributed by atoms with Gasteiger partial charge in [0.15, 0.2) is 5.82 Å². The lowest BCUT2D eigenvalue weighted by atomic mass is 9.97. The number of hydrogen-bond donors (Lipinski definition) is 1. The fraction of sp³-hybridized carbons (Fsp3) is 0.318. The molecule has 0 saturated carbocycles. The van der Waals surface area contributed by atoms with E-state index in [9.17, 15) is 4.79 Å². The molecule has 1 aliphatic rings. The van der Waals surface area contributed by atoms with Crippen molar-refractivity contribution in [2.24, 2.45) is 5.92 Å². The first-order valence-electron chi connectivity index (χ1n) is 9.65. The third-order valence-corrected chi connectivity index (χ3v) is 6.08. The van der Waals surface area contributed by atoms with Crippen molar-refractivity contribution in [2.45, 2.75) is 26.3 Å². The Hall–Kier alpha value is -2.73. The van der Waals surface area contributed by atoms with E-state index in [1.165, 1.54) is 10.4 Å². The van der Waals surface area contributed by atoms with Crippen molar-refractivity contribution >= 4 is 23.1 Å². The van der Waals surface area contributed by atoms with Crippen molar-refractivity contribution in [1.29, 1.82) is 0 Å². The number of anilines is 1. The Balaban J connectivity index is 1.40. The molecule has 1 atom stereocenters. The zero-order valence-corrected chi connectivity index (χ0v) is 16.8. The maximum atomic E-state index is 12.6. The Morgan fingerprint density at radius 2 is 2.07 bits per heavy atom. The van der Waals surface area contributed by atoms with E-state index < -0.39 is 0 Å². The lowest BCUT2D eigenvalue weighted by Crippen LogP contribution is -2.43. The number of carbonyl (C=O) groups excluding carboxylic acids is 1. The molecule has 1 amide bonds. The summed E-state index contributed by atoms with van der Waals surface area (Å²) in [4.78, 5) is 15.9. The highest BCUT2D eigenvalue weighted by Gasteiger charge is 2.26. The summed E-state index contributed by atoms with van der Waals surface area (Å²) < 4.78 is 0. The Morgan fingerprint density at radius 1 is 1.18 bits per heavy atom. The highest BCUT2D eigenvalue weighted by molar-refractivity contribution is 7.09. The van der Waals surface area contributed by atoms with E-state index in [2.05, 4.69) is 39.5 Å². The maximum absolute atomic E-state index is 12.6. The molecule has 1 N–H and O–H groups in total. The number of rotatable bonds is 5. The number of amides is 1. The fourth-order valence-electron chi connectivity index (χ4n) is 3.63. The van der Waals surface area contributed by atoms with Crippen LogP contribution in [0.1, 0.15) is 23.3 Å². The molecule has 1 unspecified atom stereocenters. The summed E-state index contributed by atoms with van der Waals surface area (Å²) in [6.45, 7) is 4.29. The van der Waals surface area contributed by atoms with Crippen LogP contribution in [-0.2, 0) is 11.3 Å². The molecule has 1 fully saturated rings. The molecule has 0 radical (unpaired) electrons. The average molecular weight is 393 g/mol. The van der Waals surface area contributed by atoms with Gasteiger partial charge in [-0.2, -0.15) is 0 Å². The normalized spacial score (nSPS) is 16.8. The summed E-state index contributed by atoms with van der Waals surface area (Å²) in [5, 5.41) is 14.0. The average Bonchev–Trinajstić information content (AvgIpc) is 3.26. The van der Waals surface area contributed by atoms with Gasteiger partial charge in [-0.25, -0.2) is 0 Å². The number of thiophene rings is 1. The molecule has 6 heteroatoms. The summed E-state index contributed by atoms with van der Waals surface area (Å²) in [7, 11) is 0. The van der Waals surface area contributed by atoms with Crippen molar-refractivity contribution in [3.05, 3.63) is 64.4 Å². The number of piperidine rings is 1. The standard InChI is InChI=1S/C22H24N4OS/c1-16-6-2-3-9-19(16)20-10-11-21(25-24-20)26-12-4-7-17(15-26)22(27)23-14-18-8-5-13-28-18/h2-3,5-6,8-11,13,17H,4,7,12,14-15H2,1H3,(H,23,27). The zero-order valence-electron chi connectivity index (χ0n) is 16.0. The van der Waals surface area contributed by atoms with E-state index >= 15 is 0 Å². The van der Waals surface area contributed by atoms with Gasteiger partial charge >= 0.3 is 0 Å². The van der Waals surface area contributed by atoms with Crippen LogP contribution in [0.4, 0.5) is 5.82 Å². The molecule has 28 heavy (non-hydrogen) atoms. The molecule has 0 spiro atoms. The third-order valence-electron chi connectivity index (χ3n) is 5.20. The summed E-state index contributed by atoms with van der Waals surface area (Å²) in [5.41, 5.74) is 3.17. The predicted molar refractivity (Wildman–Crippen MR) is 113 cm³/mol. The van der Waals surface area contributed by atoms with Gasteiger partial charge in [-0.3, -0.25) is 4.79 Å². The number of aromatic nitrogens is 2. The van der Waals surface area contributed by atoms with Gasteiger partial charge in [0.2, 0.25) is 5.91 Å². The minimum absolute atomic E-state index is 0.00782. The van der Waals surface area contributed by atoms with Gasteiger partial charge in [0.1, 0.15) is 0 Å². The minimum atomic E-state index is -0.00782. The van der Waals surface area contributed by atoms with Crippen molar-refractivity contribution in [3.63, 3.8) is 0 Å². The third kappa shape index (κ3) is 4.22. The molecule has 1 saturated heterocycles. The van der Waals surface area contributed by atoms with Crippen LogP contribution in [0.25, 0.3) is 11.3 Å². The van der Waals surface area contributed by atoms with E-state index in [1.54, 1.807) is 11.3 Å². The topological polar surface area (TPSA) is 58.1 Å². The van der Waals surface area contributed by atoms with Crippen LogP contribution >= 0.6 is 11.3 Å². The predicted octanol–water partition coefficient (Wildman–Crippen LogP) is 4.05. The van der Waals surface area contributed by atoms with E-state index in [4.69, 9.17) is 0 Å². The van der Waals surface area contributed by atoms with Gasteiger partial charge in [0.05, 0.1) is 18.2 Å². The second-order valence-corrected chi connectivity index (χ2v) is 8.21. The van der Waals surface area contributed by atoms with Gasteiger partial charge in [0, 0.05) is 23.5 Å². The molecular weight excluding hydrogens is 368 g/mol. The first kappa shape index (κ1) is 18.6. The quantitative estimate of drug-likeness (QED) is 0.712. The first-order valence-corrected chi connectivity index (χ1v) is 10.5. The van der Waals surface area contributed by atoms with Crippen LogP contribution in [-0.4, -0.2) is 29.2 Å². The summed E-state index contributed by atoms with van der Waals surface area (Å²) in [5.74, 6) is 0.960. The minimum Gasteiger partial charge on any atom is -0.354 e. The van der Waals surface area contributed by atoms with E-state index in [0.717, 1.165) is 36.5 Å². The monoisotopic (exact) mass is 392 g/mol. The number of aryl methyl sites for hydroxylation is 1. The highest BCUT2D eigenvalue weighted by atomic mass is 32.1. The largest absolute Gasteiger partial charge is 0.354 e. The molecule has 3 aromatic rings. The van der Waals surface area contributed by atoms with Gasteiger partial charge in [-0.1, -0.05) is 30.3 Å². The molecule has 144 valence electrons. The molecular formula is C22H24N4OS. The first-order chi connectivity index (χ1) is 13.7. The number of benzene rings is 1. The lowest BCUT2D eigenvalue weighted by molar-refractivity contribution is -0.125. The van der Waals surface area contributed by atoms with Crippen molar-refractivity contribution in [2.75, 3.05) is 18.0 Å². The van der Waals surface area contributed by atoms with Crippen LogP contribution in [0.3, 0.4) is 0 Å². The Kier molecular flexibility index (Phi) is 5.67. The zero-order chi connectivity index (χ0) is 19.3. The van der Waals surface area contributed by atoms with Gasteiger partial charge in [0.25, 0.3) is 0 Å². The molecule has 3 heterocycles. The Labute approximate surface area is 169 Å². The van der Waals surface area contributed by atoms with Crippen LogP contribution < -0.4 is 10.2 Å². The van der Waals surface area contributed by atoms with Crippen molar-refractivity contribution in [1.82, 2.24) is 15.5 Å². The lowest BCUT2D eigenvalue weighted by Gasteiger charge is -2.32. The number of nitrogens with zero attached hydrogens (tertiary/aromatic N) is 3. The van der Waals surface area contributed by atoms with Crippen LogP contribution in [0.5, 0.6) is 0 Å². The van der Waals surface area contributed by atoms with Crippen LogP contribution in [0, 0.1) is 12.8 Å². The Morgan fingerprint density at radius 3 is 2.82 bits per heavy atom. The van der Waals surface area contributed by atoms with Crippen molar-refractivity contribution in [3.8, 4) is 11.3 Å². The molecule has 2 aromatic heterocycles. The molecule has 4 rings (SSSR count). The summed E-state index contributed by atoms with van der Waals surface area (Å²) in [6, 6.07) is 16.3. The van der Waals surface area contributed by atoms with Gasteiger partial charge in [-0.15, -0.1) is 21.5 Å². The van der Waals surface area contributed by atoms with Gasteiger partial charge in [-0.05, 0) is 48.9 Å². The van der Waals surface area contributed by atoms with Crippen molar-refractivity contribution < 1.29 is 4.79 Å². The van der Waals surface area contributed by atoms with E-state index in [1.807, 2.05) is 41.8 Å². The fourth-order valence-corrected chi connectivity index (χ4v) is 4.27. The second kappa shape index (κ2) is 8.52. The van der Waals surface area contributed by atoms with Gasteiger partial charge < -0.3 is 10.2 Å². The molecule has 1 aliphatic heterocycles. The second-order valence-electron chi connectivity index (χ2n) is 7.17. The Bertz CT molecular complexity index is 924. The van der Waals surface area contributed by atoms with E-state index in [0.29, 0.717) is 13.1 Å². The highest BCUT2D eigenvalue weighted by Crippen LogP contribution is 2.25.